The Hall–Kier alpha value is -1.38. The molecule has 0 aliphatic heterocycles. The number of aryl methyl sites for hydroxylation is 2. The zero-order chi connectivity index (χ0) is 8.43. The van der Waals surface area contributed by atoms with E-state index < -0.39 is 5.97 Å². The fourth-order valence-corrected chi connectivity index (χ4v) is 0.859. The summed E-state index contributed by atoms with van der Waals surface area (Å²) in [7, 11) is 0. The van der Waals surface area contributed by atoms with Gasteiger partial charge in [-0.15, -0.1) is 0 Å². The maximum atomic E-state index is 10.5. The number of hydrogen-bond donors (Lipinski definition) is 1. The van der Waals surface area contributed by atoms with Crippen molar-refractivity contribution in [1.82, 2.24) is 4.98 Å². The van der Waals surface area contributed by atoms with Crippen LogP contribution in [0, 0.1) is 13.8 Å². The molecule has 0 radical (unpaired) electrons. The van der Waals surface area contributed by atoms with Gasteiger partial charge in [0.2, 0.25) is 0 Å². The van der Waals surface area contributed by atoms with Gasteiger partial charge in [-0.1, -0.05) is 0 Å². The van der Waals surface area contributed by atoms with E-state index in [1.54, 1.807) is 26.1 Å². The number of carboxylic acid groups (broad SMARTS) is 1. The molecule has 0 aliphatic rings. The highest BCUT2D eigenvalue weighted by Gasteiger charge is 2.06. The summed E-state index contributed by atoms with van der Waals surface area (Å²) in [5.74, 6) is -0.895. The lowest BCUT2D eigenvalue weighted by atomic mass is 10.1. The van der Waals surface area contributed by atoms with E-state index in [1.807, 2.05) is 0 Å². The molecule has 3 nitrogen and oxygen atoms in total. The van der Waals surface area contributed by atoms with Crippen LogP contribution in [0.3, 0.4) is 0 Å². The van der Waals surface area contributed by atoms with E-state index >= 15 is 0 Å². The number of pyridine rings is 1. The van der Waals surface area contributed by atoms with Crippen molar-refractivity contribution >= 4 is 5.97 Å². The van der Waals surface area contributed by atoms with Gasteiger partial charge in [-0.25, -0.2) is 4.79 Å². The zero-order valence-electron chi connectivity index (χ0n) is 6.46. The summed E-state index contributed by atoms with van der Waals surface area (Å²) >= 11 is 0. The SMILES string of the molecule is Cc1cc(C(=O)O)c(C)cn1. The largest absolute Gasteiger partial charge is 0.478 e. The maximum absolute atomic E-state index is 10.5. The first kappa shape index (κ1) is 7.72. The van der Waals surface area contributed by atoms with Crippen molar-refractivity contribution in [3.63, 3.8) is 0 Å². The molecule has 0 atom stereocenters. The quantitative estimate of drug-likeness (QED) is 0.659. The first-order valence-corrected chi connectivity index (χ1v) is 3.28. The summed E-state index contributed by atoms with van der Waals surface area (Å²) in [5, 5.41) is 8.66. The zero-order valence-corrected chi connectivity index (χ0v) is 6.46. The maximum Gasteiger partial charge on any atom is 0.336 e. The summed E-state index contributed by atoms with van der Waals surface area (Å²) in [6, 6.07) is 1.57. The molecule has 1 aromatic rings. The van der Waals surface area contributed by atoms with E-state index in [9.17, 15) is 4.79 Å². The Labute approximate surface area is 64.7 Å². The lowest BCUT2D eigenvalue weighted by molar-refractivity contribution is 0.0696. The lowest BCUT2D eigenvalue weighted by Gasteiger charge is -1.99. The van der Waals surface area contributed by atoms with Crippen LogP contribution in [-0.4, -0.2) is 16.1 Å². The van der Waals surface area contributed by atoms with Gasteiger partial charge in [0.05, 0.1) is 5.56 Å². The molecule has 1 heterocycles. The predicted octanol–water partition coefficient (Wildman–Crippen LogP) is 1.40. The minimum Gasteiger partial charge on any atom is -0.478 e. The molecular formula is C8H9NO2. The highest BCUT2D eigenvalue weighted by Crippen LogP contribution is 2.06. The third-order valence-corrected chi connectivity index (χ3v) is 1.47. The number of carbonyl (C=O) groups is 1. The molecule has 1 aromatic heterocycles. The van der Waals surface area contributed by atoms with Gasteiger partial charge in [-0.3, -0.25) is 4.98 Å². The number of nitrogens with zero attached hydrogens (tertiary/aromatic N) is 1. The number of hydrogen-bond acceptors (Lipinski definition) is 2. The number of aromatic carboxylic acids is 1. The van der Waals surface area contributed by atoms with Crippen LogP contribution in [0.2, 0.25) is 0 Å². The van der Waals surface area contributed by atoms with Crippen molar-refractivity contribution in [3.8, 4) is 0 Å². The van der Waals surface area contributed by atoms with Gasteiger partial charge in [0.1, 0.15) is 0 Å². The standard InChI is InChI=1S/C8H9NO2/c1-5-4-9-6(2)3-7(5)8(10)11/h3-4H,1-2H3,(H,10,11). The van der Waals surface area contributed by atoms with Gasteiger partial charge in [-0.05, 0) is 25.5 Å². The molecule has 0 spiro atoms. The summed E-state index contributed by atoms with van der Waals surface area (Å²) in [6.07, 6.45) is 1.57. The van der Waals surface area contributed by atoms with Crippen molar-refractivity contribution in [2.75, 3.05) is 0 Å². The molecule has 0 saturated heterocycles. The molecule has 0 bridgehead atoms. The fourth-order valence-electron chi connectivity index (χ4n) is 0.859. The van der Waals surface area contributed by atoms with Crippen molar-refractivity contribution in [2.45, 2.75) is 13.8 Å². The highest BCUT2D eigenvalue weighted by molar-refractivity contribution is 5.89. The fraction of sp³-hybridized carbons (Fsp3) is 0.250. The summed E-state index contributed by atoms with van der Waals surface area (Å²) in [6.45, 7) is 3.50. The molecule has 3 heteroatoms. The predicted molar refractivity (Wildman–Crippen MR) is 40.7 cm³/mol. The average molecular weight is 151 g/mol. The molecule has 0 unspecified atom stereocenters. The second-order valence-electron chi connectivity index (χ2n) is 2.45. The minimum absolute atomic E-state index is 0.331. The molecule has 0 saturated carbocycles. The van der Waals surface area contributed by atoms with Gasteiger partial charge in [0.15, 0.2) is 0 Å². The van der Waals surface area contributed by atoms with Crippen LogP contribution < -0.4 is 0 Å². The Morgan fingerprint density at radius 3 is 2.64 bits per heavy atom. The van der Waals surface area contributed by atoms with Gasteiger partial charge < -0.3 is 5.11 Å². The second-order valence-corrected chi connectivity index (χ2v) is 2.45. The third kappa shape index (κ3) is 1.55. The number of rotatable bonds is 1. The molecule has 0 fully saturated rings. The third-order valence-electron chi connectivity index (χ3n) is 1.47. The monoisotopic (exact) mass is 151 g/mol. The molecule has 0 aliphatic carbocycles. The smallest absolute Gasteiger partial charge is 0.336 e. The van der Waals surface area contributed by atoms with Gasteiger partial charge in [0.25, 0.3) is 0 Å². The highest BCUT2D eigenvalue weighted by atomic mass is 16.4. The van der Waals surface area contributed by atoms with Crippen molar-refractivity contribution in [3.05, 3.63) is 29.1 Å². The lowest BCUT2D eigenvalue weighted by Crippen LogP contribution is -2.00. The minimum atomic E-state index is -0.895. The Balaban J connectivity index is 3.23. The van der Waals surface area contributed by atoms with E-state index in [0.29, 0.717) is 11.1 Å². The van der Waals surface area contributed by atoms with E-state index in [1.165, 1.54) is 0 Å². The van der Waals surface area contributed by atoms with Crippen LogP contribution in [0.1, 0.15) is 21.6 Å². The van der Waals surface area contributed by atoms with Crippen molar-refractivity contribution in [2.24, 2.45) is 0 Å². The molecule has 1 N–H and O–H groups in total. The van der Waals surface area contributed by atoms with E-state index in [4.69, 9.17) is 5.11 Å². The molecule has 58 valence electrons. The molecular weight excluding hydrogens is 142 g/mol. The van der Waals surface area contributed by atoms with Gasteiger partial charge in [-0.2, -0.15) is 0 Å². The Bertz CT molecular complexity index is 294. The molecule has 0 aromatic carbocycles. The topological polar surface area (TPSA) is 50.2 Å². The van der Waals surface area contributed by atoms with Crippen LogP contribution in [-0.2, 0) is 0 Å². The second kappa shape index (κ2) is 2.70. The summed E-state index contributed by atoms with van der Waals surface area (Å²) in [5.41, 5.74) is 1.76. The number of carboxylic acids is 1. The van der Waals surface area contributed by atoms with E-state index in [-0.39, 0.29) is 0 Å². The Kier molecular flexibility index (Phi) is 1.89. The summed E-state index contributed by atoms with van der Waals surface area (Å²) < 4.78 is 0. The Morgan fingerprint density at radius 2 is 2.18 bits per heavy atom. The normalized spacial score (nSPS) is 9.64. The van der Waals surface area contributed by atoms with Crippen LogP contribution in [0.4, 0.5) is 0 Å². The molecule has 0 amide bonds. The van der Waals surface area contributed by atoms with E-state index in [2.05, 4.69) is 4.98 Å². The van der Waals surface area contributed by atoms with E-state index in [0.717, 1.165) is 5.69 Å². The van der Waals surface area contributed by atoms with Crippen LogP contribution in [0.25, 0.3) is 0 Å². The van der Waals surface area contributed by atoms with Gasteiger partial charge in [0, 0.05) is 11.9 Å². The molecule has 11 heavy (non-hydrogen) atoms. The number of aromatic nitrogens is 1. The first-order chi connectivity index (χ1) is 5.11. The van der Waals surface area contributed by atoms with Crippen LogP contribution in [0.5, 0.6) is 0 Å². The van der Waals surface area contributed by atoms with Crippen LogP contribution in [0.15, 0.2) is 12.3 Å². The molecule has 1 rings (SSSR count). The average Bonchev–Trinajstić information content (AvgIpc) is 1.94. The Morgan fingerprint density at radius 1 is 1.55 bits per heavy atom. The van der Waals surface area contributed by atoms with Crippen molar-refractivity contribution in [1.29, 1.82) is 0 Å². The van der Waals surface area contributed by atoms with Crippen molar-refractivity contribution < 1.29 is 9.90 Å². The summed E-state index contributed by atoms with van der Waals surface area (Å²) in [4.78, 5) is 14.5. The van der Waals surface area contributed by atoms with Crippen LogP contribution >= 0.6 is 0 Å². The first-order valence-electron chi connectivity index (χ1n) is 3.28. The van der Waals surface area contributed by atoms with Gasteiger partial charge >= 0.3 is 5.97 Å².